The summed E-state index contributed by atoms with van der Waals surface area (Å²) in [6.45, 7) is 8.46. The molecule has 1 fully saturated rings. The number of thioether (sulfide) groups is 1. The maximum Gasteiger partial charge on any atom is 0.273 e. The van der Waals surface area contributed by atoms with E-state index in [0.29, 0.717) is 16.5 Å². The number of hydrogen-bond donors (Lipinski definition) is 0. The minimum Gasteiger partial charge on any atom is -0.335 e. The number of aromatic nitrogens is 4. The Morgan fingerprint density at radius 1 is 1.23 bits per heavy atom. The highest BCUT2D eigenvalue weighted by molar-refractivity contribution is 7.98. The van der Waals surface area contributed by atoms with E-state index in [1.54, 1.807) is 11.8 Å². The first-order valence-electron chi connectivity index (χ1n) is 9.82. The number of carbonyl (C=O) groups is 1. The molecule has 1 aliphatic heterocycles. The maximum absolute atomic E-state index is 12.8. The molecule has 0 spiro atoms. The van der Waals surface area contributed by atoms with Crippen LogP contribution in [0.15, 0.2) is 34.8 Å². The predicted octanol–water partition coefficient (Wildman–Crippen LogP) is 3.76. The monoisotopic (exact) mass is 462 g/mol. The zero-order valence-corrected chi connectivity index (χ0v) is 19.3. The highest BCUT2D eigenvalue weighted by Crippen LogP contribution is 2.27. The van der Waals surface area contributed by atoms with Gasteiger partial charge in [-0.1, -0.05) is 36.4 Å². The molecular formula is C20H23ClN6OS2. The van der Waals surface area contributed by atoms with Crippen molar-refractivity contribution in [2.45, 2.75) is 24.8 Å². The third-order valence-electron chi connectivity index (χ3n) is 5.06. The number of amides is 1. The van der Waals surface area contributed by atoms with Crippen LogP contribution in [0.5, 0.6) is 0 Å². The summed E-state index contributed by atoms with van der Waals surface area (Å²) in [7, 11) is 0. The van der Waals surface area contributed by atoms with Crippen molar-refractivity contribution in [3.05, 3.63) is 51.2 Å². The second-order valence-corrected chi connectivity index (χ2v) is 9.31. The molecule has 0 bridgehead atoms. The number of benzene rings is 1. The lowest BCUT2D eigenvalue weighted by atomic mass is 10.3. The Morgan fingerprint density at radius 2 is 2.03 bits per heavy atom. The first-order valence-corrected chi connectivity index (χ1v) is 12.1. The summed E-state index contributed by atoms with van der Waals surface area (Å²) < 4.78 is 1.98. The first kappa shape index (κ1) is 21.3. The number of rotatable bonds is 6. The highest BCUT2D eigenvalue weighted by Gasteiger charge is 2.23. The number of piperazine rings is 1. The molecule has 3 aromatic rings. The van der Waals surface area contributed by atoms with Crippen LogP contribution in [0.1, 0.15) is 28.2 Å². The van der Waals surface area contributed by atoms with E-state index in [-0.39, 0.29) is 5.91 Å². The molecule has 1 aliphatic rings. The number of nitrogens with zero attached hydrogens (tertiary/aromatic N) is 6. The molecule has 0 aliphatic carbocycles. The van der Waals surface area contributed by atoms with Crippen molar-refractivity contribution in [3.8, 4) is 5.69 Å². The summed E-state index contributed by atoms with van der Waals surface area (Å²) in [5, 5.41) is 12.7. The summed E-state index contributed by atoms with van der Waals surface area (Å²) in [6.07, 6.45) is 0. The second kappa shape index (κ2) is 9.47. The standard InChI is InChI=1S/C20H23ClN6OS2/c1-3-25-7-9-26(10-8-25)19(28)17-12-29-18(22-17)13-30-20-24-23-14(2)27(20)16-6-4-5-15(21)11-16/h4-6,11-12H,3,7-10,13H2,1-2H3. The van der Waals surface area contributed by atoms with Gasteiger partial charge in [-0.05, 0) is 31.7 Å². The first-order chi connectivity index (χ1) is 14.5. The van der Waals surface area contributed by atoms with Crippen LogP contribution in [0.25, 0.3) is 5.69 Å². The van der Waals surface area contributed by atoms with Gasteiger partial charge in [0.15, 0.2) is 5.16 Å². The Kier molecular flexibility index (Phi) is 6.72. The highest BCUT2D eigenvalue weighted by atomic mass is 35.5. The van der Waals surface area contributed by atoms with Crippen LogP contribution < -0.4 is 0 Å². The fourth-order valence-corrected chi connectivity index (χ4v) is 5.35. The molecule has 7 nitrogen and oxygen atoms in total. The van der Waals surface area contributed by atoms with E-state index >= 15 is 0 Å². The average molecular weight is 463 g/mol. The molecular weight excluding hydrogens is 440 g/mol. The van der Waals surface area contributed by atoms with Crippen molar-refractivity contribution in [1.29, 1.82) is 0 Å². The number of carbonyl (C=O) groups excluding carboxylic acids is 1. The Balaban J connectivity index is 1.42. The molecule has 4 rings (SSSR count). The number of hydrogen-bond acceptors (Lipinski definition) is 7. The minimum atomic E-state index is 0.0243. The van der Waals surface area contributed by atoms with Gasteiger partial charge < -0.3 is 9.80 Å². The Labute approximate surface area is 189 Å². The van der Waals surface area contributed by atoms with Crippen LogP contribution >= 0.6 is 34.7 Å². The third kappa shape index (κ3) is 4.69. The molecule has 0 N–H and O–H groups in total. The van der Waals surface area contributed by atoms with E-state index in [1.807, 2.05) is 46.0 Å². The number of likely N-dealkylation sites (N-methyl/N-ethyl adjacent to an activating group) is 1. The lowest BCUT2D eigenvalue weighted by molar-refractivity contribution is 0.0638. The molecule has 30 heavy (non-hydrogen) atoms. The van der Waals surface area contributed by atoms with Gasteiger partial charge in [0, 0.05) is 36.6 Å². The third-order valence-corrected chi connectivity index (χ3v) is 7.27. The molecule has 0 atom stereocenters. The fourth-order valence-electron chi connectivity index (χ4n) is 3.38. The molecule has 1 saturated heterocycles. The normalized spacial score (nSPS) is 15.0. The molecule has 2 aromatic heterocycles. The topological polar surface area (TPSA) is 67.2 Å². The van der Waals surface area contributed by atoms with Crippen LogP contribution in [0.3, 0.4) is 0 Å². The van der Waals surface area contributed by atoms with E-state index in [2.05, 4.69) is 27.0 Å². The van der Waals surface area contributed by atoms with E-state index in [4.69, 9.17) is 11.6 Å². The Morgan fingerprint density at radius 3 is 2.77 bits per heavy atom. The molecule has 0 radical (unpaired) electrons. The smallest absolute Gasteiger partial charge is 0.273 e. The number of thiazole rings is 1. The zero-order chi connectivity index (χ0) is 21.1. The van der Waals surface area contributed by atoms with Crippen molar-refractivity contribution in [1.82, 2.24) is 29.5 Å². The van der Waals surface area contributed by atoms with Gasteiger partial charge >= 0.3 is 0 Å². The van der Waals surface area contributed by atoms with Crippen LogP contribution in [0.2, 0.25) is 5.02 Å². The lowest BCUT2D eigenvalue weighted by Crippen LogP contribution is -2.48. The molecule has 158 valence electrons. The van der Waals surface area contributed by atoms with Crippen molar-refractivity contribution in [2.24, 2.45) is 0 Å². The molecule has 10 heteroatoms. The van der Waals surface area contributed by atoms with Gasteiger partial charge in [0.1, 0.15) is 16.5 Å². The number of halogens is 1. The summed E-state index contributed by atoms with van der Waals surface area (Å²) in [4.78, 5) is 21.6. The average Bonchev–Trinajstić information content (AvgIpc) is 3.38. The summed E-state index contributed by atoms with van der Waals surface area (Å²) in [6, 6.07) is 7.61. The van der Waals surface area contributed by atoms with Gasteiger partial charge in [-0.2, -0.15) is 0 Å². The number of aryl methyl sites for hydroxylation is 1. The minimum absolute atomic E-state index is 0.0243. The Bertz CT molecular complexity index is 1030. The van der Waals surface area contributed by atoms with Gasteiger partial charge in [-0.3, -0.25) is 9.36 Å². The molecule has 3 heterocycles. The van der Waals surface area contributed by atoms with Crippen molar-refractivity contribution in [2.75, 3.05) is 32.7 Å². The molecule has 0 saturated carbocycles. The fraction of sp³-hybridized carbons (Fsp3) is 0.400. The van der Waals surface area contributed by atoms with E-state index in [9.17, 15) is 4.79 Å². The van der Waals surface area contributed by atoms with Gasteiger partial charge in [0.2, 0.25) is 0 Å². The van der Waals surface area contributed by atoms with Gasteiger partial charge in [-0.25, -0.2) is 4.98 Å². The van der Waals surface area contributed by atoms with Gasteiger partial charge in [0.05, 0.1) is 11.4 Å². The summed E-state index contributed by atoms with van der Waals surface area (Å²) in [5.41, 5.74) is 1.46. The van der Waals surface area contributed by atoms with Crippen LogP contribution in [-0.4, -0.2) is 68.2 Å². The van der Waals surface area contributed by atoms with Crippen molar-refractivity contribution in [3.63, 3.8) is 0 Å². The lowest BCUT2D eigenvalue weighted by Gasteiger charge is -2.33. The van der Waals surface area contributed by atoms with Crippen LogP contribution in [0.4, 0.5) is 0 Å². The SMILES string of the molecule is CCN1CCN(C(=O)c2csc(CSc3nnc(C)n3-c3cccc(Cl)c3)n2)CC1. The van der Waals surface area contributed by atoms with Crippen molar-refractivity contribution >= 4 is 40.6 Å². The molecule has 0 unspecified atom stereocenters. The molecule has 1 aromatic carbocycles. The molecule has 1 amide bonds. The van der Waals surface area contributed by atoms with Gasteiger partial charge in [-0.15, -0.1) is 21.5 Å². The zero-order valence-electron chi connectivity index (χ0n) is 16.9. The van der Waals surface area contributed by atoms with Crippen LogP contribution in [0, 0.1) is 6.92 Å². The summed E-state index contributed by atoms with van der Waals surface area (Å²) in [5.74, 6) is 1.44. The summed E-state index contributed by atoms with van der Waals surface area (Å²) >= 11 is 9.20. The quantitative estimate of drug-likeness (QED) is 0.519. The van der Waals surface area contributed by atoms with Gasteiger partial charge in [0.25, 0.3) is 5.91 Å². The Hall–Kier alpha value is -1.94. The van der Waals surface area contributed by atoms with E-state index < -0.39 is 0 Å². The van der Waals surface area contributed by atoms with E-state index in [1.165, 1.54) is 11.3 Å². The van der Waals surface area contributed by atoms with Crippen LogP contribution in [-0.2, 0) is 5.75 Å². The van der Waals surface area contributed by atoms with E-state index in [0.717, 1.165) is 54.4 Å². The van der Waals surface area contributed by atoms with Crippen molar-refractivity contribution < 1.29 is 4.79 Å². The maximum atomic E-state index is 12.8. The second-order valence-electron chi connectivity index (χ2n) is 6.99. The predicted molar refractivity (Wildman–Crippen MR) is 121 cm³/mol. The largest absolute Gasteiger partial charge is 0.335 e.